The predicted molar refractivity (Wildman–Crippen MR) is 110 cm³/mol. The third-order valence-corrected chi connectivity index (χ3v) is 5.47. The number of amides is 1. The summed E-state index contributed by atoms with van der Waals surface area (Å²) in [4.78, 5) is 25.1. The second-order valence-corrected chi connectivity index (χ2v) is 7.59. The van der Waals surface area contributed by atoms with Gasteiger partial charge in [-0.25, -0.2) is 9.48 Å². The first-order valence-electron chi connectivity index (χ1n) is 9.25. The highest BCUT2D eigenvalue weighted by Gasteiger charge is 2.30. The molecule has 0 unspecified atom stereocenters. The van der Waals surface area contributed by atoms with Gasteiger partial charge >= 0.3 is 5.63 Å². The molecular weight excluding hydrogens is 428 g/mol. The van der Waals surface area contributed by atoms with Crippen molar-refractivity contribution in [3.8, 4) is 10.9 Å². The molecule has 1 saturated heterocycles. The highest BCUT2D eigenvalue weighted by molar-refractivity contribution is 7.17. The van der Waals surface area contributed by atoms with E-state index in [9.17, 15) is 9.59 Å². The summed E-state index contributed by atoms with van der Waals surface area (Å²) >= 11 is 1.13. The molecule has 4 heterocycles. The van der Waals surface area contributed by atoms with Crippen molar-refractivity contribution in [2.75, 3.05) is 38.1 Å². The second-order valence-electron chi connectivity index (χ2n) is 6.64. The molecule has 0 radical (unpaired) electrons. The third kappa shape index (κ3) is 4.28. The lowest BCUT2D eigenvalue weighted by molar-refractivity contribution is 0.0795. The number of methoxy groups -OCH3 is 2. The summed E-state index contributed by atoms with van der Waals surface area (Å²) in [5, 5.41) is 18.5. The van der Waals surface area contributed by atoms with Gasteiger partial charge in [-0.05, 0) is 13.0 Å². The molecule has 12 nitrogen and oxygen atoms in total. The van der Waals surface area contributed by atoms with Crippen LogP contribution in [0.1, 0.15) is 16.2 Å². The highest BCUT2D eigenvalue weighted by Crippen LogP contribution is 2.26. The molecule has 0 saturated carbocycles. The maximum absolute atomic E-state index is 12.7. The van der Waals surface area contributed by atoms with Crippen molar-refractivity contribution >= 4 is 28.1 Å². The summed E-state index contributed by atoms with van der Waals surface area (Å²) in [6, 6.07) is 2.99. The van der Waals surface area contributed by atoms with E-state index in [2.05, 4.69) is 25.9 Å². The Labute approximate surface area is 180 Å². The SMILES string of the molecule is COc1c(N[C@@H]2COC[C@@H]2OC)cc(C(=O)Nc2nnc(-n3nccc3C)s2)oc1=O. The number of carbonyl (C=O) groups excluding carboxylic acids is 1. The van der Waals surface area contributed by atoms with Crippen molar-refractivity contribution in [1.82, 2.24) is 20.0 Å². The summed E-state index contributed by atoms with van der Waals surface area (Å²) in [6.07, 6.45) is 1.43. The zero-order valence-electron chi connectivity index (χ0n) is 16.9. The molecule has 2 atom stereocenters. The maximum atomic E-state index is 12.7. The van der Waals surface area contributed by atoms with Crippen LogP contribution in [0.25, 0.3) is 5.13 Å². The monoisotopic (exact) mass is 448 g/mol. The standard InChI is InChI=1S/C18H20N6O6S/c1-9-4-5-19-24(9)18-23-22-17(31-18)21-15(25)12-6-10(14(28-3)16(26)30-12)20-11-7-29-8-13(11)27-2/h4-6,11,13,20H,7-8H2,1-3H3,(H,21,22,25)/t11-,13+/m1/s1. The van der Waals surface area contributed by atoms with E-state index in [1.54, 1.807) is 18.0 Å². The average molecular weight is 448 g/mol. The largest absolute Gasteiger partial charge is 0.488 e. The number of rotatable bonds is 7. The van der Waals surface area contributed by atoms with E-state index >= 15 is 0 Å². The van der Waals surface area contributed by atoms with E-state index in [1.165, 1.54) is 13.2 Å². The third-order valence-electron chi connectivity index (χ3n) is 4.66. The second kappa shape index (κ2) is 8.83. The topological polar surface area (TPSA) is 143 Å². The van der Waals surface area contributed by atoms with Gasteiger partial charge in [0.2, 0.25) is 16.0 Å². The Kier molecular flexibility index (Phi) is 5.97. The molecule has 1 fully saturated rings. The fourth-order valence-electron chi connectivity index (χ4n) is 3.08. The molecule has 13 heteroatoms. The summed E-state index contributed by atoms with van der Waals surface area (Å²) in [5.41, 5.74) is 0.373. The first kappa shape index (κ1) is 21.0. The number of hydrogen-bond acceptors (Lipinski definition) is 11. The lowest BCUT2D eigenvalue weighted by atomic mass is 10.2. The minimum atomic E-state index is -0.796. The number of nitrogens with one attached hydrogen (secondary N) is 2. The van der Waals surface area contributed by atoms with E-state index < -0.39 is 11.5 Å². The van der Waals surface area contributed by atoms with Gasteiger partial charge in [0, 0.05) is 25.1 Å². The minimum absolute atomic E-state index is 0.0503. The van der Waals surface area contributed by atoms with Gasteiger partial charge in [0.15, 0.2) is 5.76 Å². The molecule has 1 aliphatic rings. The number of ether oxygens (including phenoxy) is 3. The molecule has 0 spiro atoms. The van der Waals surface area contributed by atoms with E-state index in [-0.39, 0.29) is 28.8 Å². The van der Waals surface area contributed by atoms with Crippen LogP contribution in [-0.2, 0) is 9.47 Å². The normalized spacial score (nSPS) is 18.2. The quantitative estimate of drug-likeness (QED) is 0.539. The van der Waals surface area contributed by atoms with E-state index in [1.807, 2.05) is 13.0 Å². The summed E-state index contributed by atoms with van der Waals surface area (Å²) in [7, 11) is 2.92. The van der Waals surface area contributed by atoms with Crippen molar-refractivity contribution in [3.05, 3.63) is 40.2 Å². The fraction of sp³-hybridized carbons (Fsp3) is 0.389. The van der Waals surface area contributed by atoms with Crippen molar-refractivity contribution in [3.63, 3.8) is 0 Å². The highest BCUT2D eigenvalue weighted by atomic mass is 32.1. The zero-order valence-corrected chi connectivity index (χ0v) is 17.8. The van der Waals surface area contributed by atoms with Gasteiger partial charge in [-0.3, -0.25) is 10.1 Å². The Morgan fingerprint density at radius 1 is 1.32 bits per heavy atom. The molecule has 3 aromatic heterocycles. The summed E-state index contributed by atoms with van der Waals surface area (Å²) in [5.74, 6) is -0.924. The lowest BCUT2D eigenvalue weighted by Gasteiger charge is -2.20. The van der Waals surface area contributed by atoms with Crippen LogP contribution in [0.15, 0.2) is 27.5 Å². The van der Waals surface area contributed by atoms with Gasteiger partial charge in [-0.2, -0.15) is 5.10 Å². The molecule has 0 aliphatic carbocycles. The van der Waals surface area contributed by atoms with Crippen LogP contribution in [-0.4, -0.2) is 65.5 Å². The Balaban J connectivity index is 1.55. The molecule has 3 aromatic rings. The number of carbonyl (C=O) groups is 1. The van der Waals surface area contributed by atoms with Gasteiger partial charge in [0.05, 0.1) is 32.1 Å². The minimum Gasteiger partial charge on any atom is -0.488 e. The van der Waals surface area contributed by atoms with Gasteiger partial charge in [0.25, 0.3) is 5.91 Å². The Hall–Kier alpha value is -3.29. The molecule has 0 bridgehead atoms. The molecule has 31 heavy (non-hydrogen) atoms. The van der Waals surface area contributed by atoms with Crippen molar-refractivity contribution in [2.45, 2.75) is 19.1 Å². The molecule has 2 N–H and O–H groups in total. The van der Waals surface area contributed by atoms with Crippen LogP contribution in [0.4, 0.5) is 10.8 Å². The van der Waals surface area contributed by atoms with E-state index in [0.29, 0.717) is 24.0 Å². The Morgan fingerprint density at radius 3 is 2.87 bits per heavy atom. The summed E-state index contributed by atoms with van der Waals surface area (Å²) in [6.45, 7) is 2.67. The number of nitrogens with zero attached hydrogens (tertiary/aromatic N) is 4. The molecule has 0 aromatic carbocycles. The van der Waals surface area contributed by atoms with Crippen LogP contribution < -0.4 is 21.0 Å². The van der Waals surface area contributed by atoms with Crippen molar-refractivity contribution in [1.29, 1.82) is 0 Å². The van der Waals surface area contributed by atoms with Gasteiger partial charge in [-0.15, -0.1) is 10.2 Å². The lowest BCUT2D eigenvalue weighted by Crippen LogP contribution is -2.34. The van der Waals surface area contributed by atoms with Gasteiger partial charge in [-0.1, -0.05) is 11.3 Å². The maximum Gasteiger partial charge on any atom is 0.381 e. The van der Waals surface area contributed by atoms with Crippen molar-refractivity contribution < 1.29 is 23.4 Å². The smallest absolute Gasteiger partial charge is 0.381 e. The Bertz CT molecular complexity index is 1140. The number of anilines is 2. The predicted octanol–water partition coefficient (Wildman–Crippen LogP) is 1.07. The first-order valence-corrected chi connectivity index (χ1v) is 10.1. The van der Waals surface area contributed by atoms with Crippen LogP contribution in [0.2, 0.25) is 0 Å². The molecule has 1 aliphatic heterocycles. The van der Waals surface area contributed by atoms with Gasteiger partial charge in [0.1, 0.15) is 6.10 Å². The van der Waals surface area contributed by atoms with Crippen LogP contribution in [0.3, 0.4) is 0 Å². The van der Waals surface area contributed by atoms with Crippen LogP contribution in [0, 0.1) is 6.92 Å². The van der Waals surface area contributed by atoms with Gasteiger partial charge < -0.3 is 23.9 Å². The molecule has 4 rings (SSSR count). The first-order chi connectivity index (χ1) is 15.0. The summed E-state index contributed by atoms with van der Waals surface area (Å²) < 4.78 is 22.7. The molecular formula is C18H20N6O6S. The molecule has 1 amide bonds. The van der Waals surface area contributed by atoms with E-state index in [0.717, 1.165) is 17.0 Å². The van der Waals surface area contributed by atoms with Crippen LogP contribution in [0.5, 0.6) is 5.75 Å². The number of aryl methyl sites for hydroxylation is 1. The fourth-order valence-corrected chi connectivity index (χ4v) is 3.83. The average Bonchev–Trinajstić information content (AvgIpc) is 3.49. The van der Waals surface area contributed by atoms with E-state index in [4.69, 9.17) is 18.6 Å². The molecule has 164 valence electrons. The van der Waals surface area contributed by atoms with Crippen LogP contribution >= 0.6 is 11.3 Å². The Morgan fingerprint density at radius 2 is 2.16 bits per heavy atom. The zero-order chi connectivity index (χ0) is 22.0. The number of hydrogen-bond donors (Lipinski definition) is 2. The number of aromatic nitrogens is 4. The van der Waals surface area contributed by atoms with Crippen molar-refractivity contribution in [2.24, 2.45) is 0 Å².